The first-order valence-corrected chi connectivity index (χ1v) is 18.7. The van der Waals surface area contributed by atoms with E-state index in [0.29, 0.717) is 12.2 Å². The van der Waals surface area contributed by atoms with E-state index in [4.69, 9.17) is 37.9 Å². The number of phenolic OH excluding ortho intramolecular Hbond substituents is 1. The Hall–Kier alpha value is -5.86. The van der Waals surface area contributed by atoms with Gasteiger partial charge in [0.25, 0.3) is 0 Å². The highest BCUT2D eigenvalue weighted by molar-refractivity contribution is 6.05. The Balaban J connectivity index is 0.000000270. The summed E-state index contributed by atoms with van der Waals surface area (Å²) in [5.41, 5.74) is -0.209. The van der Waals surface area contributed by atoms with E-state index in [1.165, 1.54) is 57.7 Å². The molecule has 2 aromatic carbocycles. The van der Waals surface area contributed by atoms with E-state index < -0.39 is 84.1 Å². The van der Waals surface area contributed by atoms with Crippen LogP contribution in [0.25, 0.3) is 0 Å². The Morgan fingerprint density at radius 2 is 1.27 bits per heavy atom. The fourth-order valence-corrected chi connectivity index (χ4v) is 6.11. The Morgan fingerprint density at radius 3 is 1.85 bits per heavy atom. The average molecular weight is 843 g/mol. The number of carbonyl (C=O) groups excluding carboxylic acids is 6. The van der Waals surface area contributed by atoms with Crippen molar-refractivity contribution in [3.8, 4) is 23.0 Å². The fraction of sp³-hybridized carbons (Fsp3) is 0.463. The van der Waals surface area contributed by atoms with E-state index in [0.717, 1.165) is 6.08 Å². The van der Waals surface area contributed by atoms with Crippen LogP contribution in [0.4, 0.5) is 11.4 Å². The van der Waals surface area contributed by atoms with Crippen LogP contribution in [0.3, 0.4) is 0 Å². The number of esters is 2. The molecule has 0 aromatic heterocycles. The maximum Gasteiger partial charge on any atom is 0.344 e. The zero-order valence-corrected chi connectivity index (χ0v) is 34.2. The molecule has 3 aliphatic rings. The topological polar surface area (TPSA) is 261 Å². The smallest absolute Gasteiger partial charge is 0.344 e. The molecule has 5 rings (SSSR count). The number of ether oxygens (including phenoxy) is 8. The monoisotopic (exact) mass is 842 g/mol. The zero-order chi connectivity index (χ0) is 44.3. The van der Waals surface area contributed by atoms with Crippen molar-refractivity contribution in [3.63, 3.8) is 0 Å². The molecule has 0 bridgehead atoms. The highest BCUT2D eigenvalue weighted by atomic mass is 16.8. The first-order valence-electron chi connectivity index (χ1n) is 18.7. The summed E-state index contributed by atoms with van der Waals surface area (Å²) in [5, 5.41) is 35.0. The van der Waals surface area contributed by atoms with Crippen LogP contribution >= 0.6 is 0 Å². The lowest BCUT2D eigenvalue weighted by atomic mass is 10.0. The van der Waals surface area contributed by atoms with Crippen molar-refractivity contribution < 1.29 is 82.0 Å². The molecule has 3 heterocycles. The van der Waals surface area contributed by atoms with Crippen LogP contribution in [-0.4, -0.2) is 121 Å². The van der Waals surface area contributed by atoms with Crippen molar-refractivity contribution in [1.82, 2.24) is 0 Å². The zero-order valence-electron chi connectivity index (χ0n) is 34.2. The van der Waals surface area contributed by atoms with Crippen LogP contribution in [0.2, 0.25) is 0 Å². The van der Waals surface area contributed by atoms with Crippen molar-refractivity contribution in [2.24, 2.45) is 0 Å². The van der Waals surface area contributed by atoms with E-state index in [1.54, 1.807) is 33.8 Å². The quantitative estimate of drug-likeness (QED) is 0.214. The van der Waals surface area contributed by atoms with Crippen LogP contribution < -0.4 is 24.8 Å². The third-order valence-corrected chi connectivity index (χ3v) is 8.94. The van der Waals surface area contributed by atoms with Crippen molar-refractivity contribution in [3.05, 3.63) is 59.7 Å². The predicted octanol–water partition coefficient (Wildman–Crippen LogP) is 3.13. The van der Waals surface area contributed by atoms with Crippen LogP contribution in [-0.2, 0) is 42.9 Å². The number of hydrogen-bond acceptors (Lipinski definition) is 17. The maximum absolute atomic E-state index is 13.0. The molecule has 6 atom stereocenters. The molecule has 1 fully saturated rings. The molecule has 2 aromatic rings. The van der Waals surface area contributed by atoms with Crippen molar-refractivity contribution in [2.75, 3.05) is 38.8 Å². The summed E-state index contributed by atoms with van der Waals surface area (Å²) in [6.07, 6.45) is -1.28. The standard InChI is InChI=1S/C23H29NO9.C18H21NO8/c1-13-7-6-8-16(25)21-18(32-23(2,3)33-21)11-19(26)24-15-9-14(29-5)10-17(30-12-28-4)20(15)22(27)31-13;1-9-4-3-5-12(20)17(24)14(22)8-15(23)19-11-6-10(26-2)7-13(21)16(11)18(25)27-9/h6,8-10,13,18,21H,7,11-12H2,1-5H3,(H,24,26);3,5-7,9,14,17,21-22,24H,4,8H2,1-2H3,(H,19,23)/b8-6+;5-3+/t13-,18-,21+;9-,14-,17+/m00/s1. The maximum atomic E-state index is 13.0. The number of anilines is 2. The van der Waals surface area contributed by atoms with Crippen LogP contribution in [0.1, 0.15) is 74.1 Å². The number of aromatic hydroxyl groups is 1. The third kappa shape index (κ3) is 12.6. The summed E-state index contributed by atoms with van der Waals surface area (Å²) in [4.78, 5) is 75.1. The van der Waals surface area contributed by atoms with Gasteiger partial charge in [0, 0.05) is 44.2 Å². The molecule has 326 valence electrons. The Morgan fingerprint density at radius 1 is 0.733 bits per heavy atom. The highest BCUT2D eigenvalue weighted by Crippen LogP contribution is 2.36. The van der Waals surface area contributed by atoms with Crippen LogP contribution in [0.15, 0.2) is 48.6 Å². The molecule has 0 aliphatic carbocycles. The Kier molecular flexibility index (Phi) is 16.3. The third-order valence-electron chi connectivity index (χ3n) is 8.94. The van der Waals surface area contributed by atoms with Crippen LogP contribution in [0.5, 0.6) is 23.0 Å². The molecule has 3 aliphatic heterocycles. The fourth-order valence-electron chi connectivity index (χ4n) is 6.11. The number of phenols is 1. The molecule has 19 heteroatoms. The lowest BCUT2D eigenvalue weighted by Crippen LogP contribution is -2.36. The predicted molar refractivity (Wildman–Crippen MR) is 210 cm³/mol. The lowest BCUT2D eigenvalue weighted by molar-refractivity contribution is -0.153. The minimum Gasteiger partial charge on any atom is -0.507 e. The number of aliphatic hydroxyl groups is 2. The van der Waals surface area contributed by atoms with Crippen molar-refractivity contribution in [1.29, 1.82) is 0 Å². The number of aliphatic hydroxyl groups excluding tert-OH is 2. The largest absolute Gasteiger partial charge is 0.507 e. The average Bonchev–Trinajstić information content (AvgIpc) is 3.48. The summed E-state index contributed by atoms with van der Waals surface area (Å²) in [5.74, 6) is -4.80. The molecule has 1 saturated heterocycles. The molecule has 0 radical (unpaired) electrons. The summed E-state index contributed by atoms with van der Waals surface area (Å²) >= 11 is 0. The summed E-state index contributed by atoms with van der Waals surface area (Å²) < 4.78 is 43.1. The number of rotatable bonds is 5. The minimum atomic E-state index is -1.77. The molecule has 60 heavy (non-hydrogen) atoms. The van der Waals surface area contributed by atoms with E-state index in [1.807, 2.05) is 0 Å². The van der Waals surface area contributed by atoms with Gasteiger partial charge in [0.2, 0.25) is 11.8 Å². The van der Waals surface area contributed by atoms with Gasteiger partial charge in [-0.25, -0.2) is 9.59 Å². The molecule has 19 nitrogen and oxygen atoms in total. The summed E-state index contributed by atoms with van der Waals surface area (Å²) in [6, 6.07) is 5.49. The van der Waals surface area contributed by atoms with E-state index in [9.17, 15) is 44.1 Å². The molecule has 5 N–H and O–H groups in total. The van der Waals surface area contributed by atoms with Crippen molar-refractivity contribution >= 4 is 46.7 Å². The Bertz CT molecular complexity index is 1990. The first kappa shape index (κ1) is 46.8. The highest BCUT2D eigenvalue weighted by Gasteiger charge is 2.45. The number of hydrogen-bond donors (Lipinski definition) is 5. The van der Waals surface area contributed by atoms with Crippen molar-refractivity contribution in [2.45, 2.75) is 95.8 Å². The molecule has 2 amide bonds. The van der Waals surface area contributed by atoms with Crippen LogP contribution in [0, 0.1) is 0 Å². The SMILES string of the molecule is COCOc1cc(OC)cc2c1C(=O)O[C@@H](C)C/C=C/C(=O)[C@H]1OC(C)(C)O[C@H]1CC(=O)N2.COc1cc(O)c2c(c1)NC(=O)C[C@H](O)[C@H](O)C(=O)/C=C/C[C@H](C)OC2=O. The van der Waals surface area contributed by atoms with Gasteiger partial charge in [-0.05, 0) is 39.8 Å². The van der Waals surface area contributed by atoms with E-state index in [-0.39, 0.29) is 59.4 Å². The summed E-state index contributed by atoms with van der Waals surface area (Å²) in [7, 11) is 4.22. The van der Waals surface area contributed by atoms with Gasteiger partial charge >= 0.3 is 11.9 Å². The second kappa shape index (κ2) is 20.9. The number of methoxy groups -OCH3 is 3. The Labute approximate surface area is 345 Å². The molecule has 0 spiro atoms. The number of fused-ring (bicyclic) bond motifs is 3. The second-order valence-electron chi connectivity index (χ2n) is 14.3. The van der Waals surface area contributed by atoms with E-state index >= 15 is 0 Å². The number of amides is 2. The van der Waals surface area contributed by atoms with Gasteiger partial charge in [-0.2, -0.15) is 0 Å². The molecule has 0 unspecified atom stereocenters. The minimum absolute atomic E-state index is 0.0191. The van der Waals surface area contributed by atoms with Gasteiger partial charge in [0.05, 0.1) is 44.5 Å². The number of benzene rings is 2. The number of cyclic esters (lactones) is 2. The van der Waals surface area contributed by atoms with Gasteiger partial charge in [0.1, 0.15) is 64.6 Å². The number of ketones is 2. The van der Waals surface area contributed by atoms with Gasteiger partial charge in [-0.1, -0.05) is 12.2 Å². The summed E-state index contributed by atoms with van der Waals surface area (Å²) in [6.45, 7) is 6.49. The van der Waals surface area contributed by atoms with Gasteiger partial charge in [-0.3, -0.25) is 19.2 Å². The number of carbonyl (C=O) groups is 6. The first-order chi connectivity index (χ1) is 28.4. The van der Waals surface area contributed by atoms with Gasteiger partial charge in [-0.15, -0.1) is 0 Å². The molecule has 0 saturated carbocycles. The van der Waals surface area contributed by atoms with Gasteiger partial charge < -0.3 is 63.8 Å². The number of nitrogens with one attached hydrogen (secondary N) is 2. The lowest BCUT2D eigenvalue weighted by Gasteiger charge is -2.20. The second-order valence-corrected chi connectivity index (χ2v) is 14.3. The molecular weight excluding hydrogens is 792 g/mol. The molecular formula is C41H50N2O17. The van der Waals surface area contributed by atoms with E-state index in [2.05, 4.69) is 10.6 Å². The normalized spacial score (nSPS) is 26.0. The van der Waals surface area contributed by atoms with Gasteiger partial charge in [0.15, 0.2) is 24.1 Å².